The van der Waals surface area contributed by atoms with Gasteiger partial charge in [0.1, 0.15) is 5.60 Å². The normalized spacial score (nSPS) is 33.5. The van der Waals surface area contributed by atoms with Gasteiger partial charge < -0.3 is 19.7 Å². The zero-order chi connectivity index (χ0) is 25.2. The number of carbonyl (C=O) groups excluding carboxylic acids is 2. The number of esters is 1. The number of hydrogen-bond donors (Lipinski definition) is 1. The summed E-state index contributed by atoms with van der Waals surface area (Å²) in [4.78, 5) is 27.9. The third-order valence-electron chi connectivity index (χ3n) is 8.17. The number of likely N-dealkylation sites (tertiary alicyclic amines) is 1. The van der Waals surface area contributed by atoms with Crippen molar-refractivity contribution in [3.63, 3.8) is 0 Å². The fourth-order valence-corrected chi connectivity index (χ4v) is 6.27. The van der Waals surface area contributed by atoms with Crippen LogP contribution in [-0.4, -0.2) is 54.8 Å². The number of hydrogen-bond acceptors (Lipinski definition) is 5. The van der Waals surface area contributed by atoms with E-state index in [-0.39, 0.29) is 17.9 Å². The number of allylic oxidation sites excluding steroid dienone is 1. The number of amides is 1. The van der Waals surface area contributed by atoms with Crippen LogP contribution in [0.25, 0.3) is 6.08 Å². The van der Waals surface area contributed by atoms with Gasteiger partial charge in [-0.3, -0.25) is 4.79 Å². The summed E-state index contributed by atoms with van der Waals surface area (Å²) >= 11 is 0. The average molecular weight is 483 g/mol. The molecule has 0 spiro atoms. The fourth-order valence-electron chi connectivity index (χ4n) is 6.27. The van der Waals surface area contributed by atoms with Crippen LogP contribution in [0.1, 0.15) is 65.4 Å². The van der Waals surface area contributed by atoms with E-state index in [9.17, 15) is 9.59 Å². The molecule has 2 saturated carbocycles. The number of rotatable bonds is 6. The highest BCUT2D eigenvalue weighted by atomic mass is 16.6. The lowest BCUT2D eigenvalue weighted by molar-refractivity contribution is -0.154. The molecule has 0 radical (unpaired) electrons. The Morgan fingerprint density at radius 2 is 1.91 bits per heavy atom. The SMILES string of the molecule is COC(=O)C1(C2CC2NC(=O)OC(C)(C)C)CCC(N2CCC(/C=C\c3ccccc3)[C@@H](C)C2)C1. The van der Waals surface area contributed by atoms with Crippen molar-refractivity contribution in [2.24, 2.45) is 23.2 Å². The third-order valence-corrected chi connectivity index (χ3v) is 8.17. The van der Waals surface area contributed by atoms with Crippen LogP contribution >= 0.6 is 0 Å². The number of nitrogens with zero attached hydrogens (tertiary/aromatic N) is 1. The second kappa shape index (κ2) is 10.3. The Hall–Kier alpha value is -2.34. The molecule has 3 fully saturated rings. The number of ether oxygens (including phenoxy) is 2. The maximum atomic E-state index is 13.0. The van der Waals surface area contributed by atoms with Gasteiger partial charge in [0.2, 0.25) is 0 Å². The highest BCUT2D eigenvalue weighted by molar-refractivity contribution is 5.79. The molecule has 0 aromatic heterocycles. The molecule has 0 bridgehead atoms. The number of methoxy groups -OCH3 is 1. The van der Waals surface area contributed by atoms with Crippen LogP contribution in [0.5, 0.6) is 0 Å². The number of nitrogens with one attached hydrogen (secondary N) is 1. The van der Waals surface area contributed by atoms with E-state index in [0.29, 0.717) is 17.9 Å². The maximum absolute atomic E-state index is 13.0. The van der Waals surface area contributed by atoms with Crippen LogP contribution in [0.2, 0.25) is 0 Å². The molecule has 1 amide bonds. The molecule has 35 heavy (non-hydrogen) atoms. The van der Waals surface area contributed by atoms with Gasteiger partial charge in [-0.1, -0.05) is 49.4 Å². The second-order valence-electron chi connectivity index (χ2n) is 11.8. The van der Waals surface area contributed by atoms with Crippen LogP contribution in [0.15, 0.2) is 36.4 Å². The van der Waals surface area contributed by atoms with E-state index in [2.05, 4.69) is 53.6 Å². The van der Waals surface area contributed by atoms with Gasteiger partial charge in [-0.15, -0.1) is 0 Å². The summed E-state index contributed by atoms with van der Waals surface area (Å²) in [6.07, 6.45) is 8.81. The van der Waals surface area contributed by atoms with E-state index in [1.54, 1.807) is 0 Å². The number of alkyl carbamates (subject to hydrolysis) is 1. The second-order valence-corrected chi connectivity index (χ2v) is 11.8. The molecule has 6 atom stereocenters. The van der Waals surface area contributed by atoms with Crippen molar-refractivity contribution in [1.29, 1.82) is 0 Å². The summed E-state index contributed by atoms with van der Waals surface area (Å²) in [5.74, 6) is 1.15. The van der Waals surface area contributed by atoms with Gasteiger partial charge in [0.15, 0.2) is 0 Å². The minimum atomic E-state index is -0.536. The Labute approximate surface area is 210 Å². The van der Waals surface area contributed by atoms with E-state index in [1.165, 1.54) is 12.7 Å². The standard InChI is InChI=1S/C29H42N2O4/c1-20-19-31(16-14-22(20)12-11-21-9-7-6-8-10-21)23-13-15-29(18-23,26(32)34-5)24-17-25(24)30-27(33)35-28(2,3)4/h6-12,20,22-25H,13-19H2,1-5H3,(H,30,33)/b12-11-/t20-,22?,23?,24?,25?,29?/m0/s1. The van der Waals surface area contributed by atoms with Crippen molar-refractivity contribution < 1.29 is 19.1 Å². The van der Waals surface area contributed by atoms with Crippen molar-refractivity contribution in [1.82, 2.24) is 10.2 Å². The van der Waals surface area contributed by atoms with Gasteiger partial charge in [-0.25, -0.2) is 4.79 Å². The Morgan fingerprint density at radius 1 is 1.17 bits per heavy atom. The zero-order valence-electron chi connectivity index (χ0n) is 22.0. The van der Waals surface area contributed by atoms with Crippen molar-refractivity contribution in [3.8, 4) is 0 Å². The molecule has 4 rings (SSSR count). The van der Waals surface area contributed by atoms with Gasteiger partial charge >= 0.3 is 12.1 Å². The Morgan fingerprint density at radius 3 is 2.57 bits per heavy atom. The number of carbonyl (C=O) groups is 2. The monoisotopic (exact) mass is 482 g/mol. The summed E-state index contributed by atoms with van der Waals surface area (Å²) < 4.78 is 10.7. The first kappa shape index (κ1) is 25.7. The molecular weight excluding hydrogens is 440 g/mol. The predicted molar refractivity (Wildman–Crippen MR) is 138 cm³/mol. The van der Waals surface area contributed by atoms with Gasteiger partial charge in [0.25, 0.3) is 0 Å². The van der Waals surface area contributed by atoms with Crippen molar-refractivity contribution in [3.05, 3.63) is 42.0 Å². The lowest BCUT2D eigenvalue weighted by Gasteiger charge is -2.40. The van der Waals surface area contributed by atoms with Crippen molar-refractivity contribution >= 4 is 18.1 Å². The van der Waals surface area contributed by atoms with Crippen LogP contribution in [0.4, 0.5) is 4.79 Å². The first-order valence-corrected chi connectivity index (χ1v) is 13.2. The molecule has 6 nitrogen and oxygen atoms in total. The molecule has 1 aromatic rings. The highest BCUT2D eigenvalue weighted by Gasteiger charge is 2.61. The zero-order valence-corrected chi connectivity index (χ0v) is 22.0. The summed E-state index contributed by atoms with van der Waals surface area (Å²) in [5, 5.41) is 2.99. The molecular formula is C29H42N2O4. The summed E-state index contributed by atoms with van der Waals surface area (Å²) in [6, 6.07) is 10.9. The molecule has 1 aliphatic heterocycles. The lowest BCUT2D eigenvalue weighted by Crippen LogP contribution is -2.45. The fraction of sp³-hybridized carbons (Fsp3) is 0.655. The Kier molecular flexibility index (Phi) is 7.60. The van der Waals surface area contributed by atoms with Crippen LogP contribution in [0, 0.1) is 23.2 Å². The van der Waals surface area contributed by atoms with E-state index in [1.807, 2.05) is 26.8 Å². The molecule has 1 saturated heterocycles. The van der Waals surface area contributed by atoms with Gasteiger partial charge in [0, 0.05) is 18.6 Å². The smallest absolute Gasteiger partial charge is 0.407 e. The van der Waals surface area contributed by atoms with Crippen LogP contribution in [-0.2, 0) is 14.3 Å². The molecule has 1 N–H and O–H groups in total. The number of benzene rings is 1. The quantitative estimate of drug-likeness (QED) is 0.559. The first-order valence-electron chi connectivity index (χ1n) is 13.2. The van der Waals surface area contributed by atoms with Crippen molar-refractivity contribution in [2.45, 2.75) is 77.5 Å². The third kappa shape index (κ3) is 6.08. The van der Waals surface area contributed by atoms with Gasteiger partial charge in [-0.2, -0.15) is 0 Å². The average Bonchev–Trinajstić information content (AvgIpc) is 3.43. The van der Waals surface area contributed by atoms with Crippen LogP contribution < -0.4 is 5.32 Å². The molecule has 2 aliphatic carbocycles. The van der Waals surface area contributed by atoms with E-state index < -0.39 is 17.1 Å². The molecule has 6 heteroatoms. The predicted octanol–water partition coefficient (Wildman–Crippen LogP) is 5.28. The highest BCUT2D eigenvalue weighted by Crippen LogP contribution is 2.56. The van der Waals surface area contributed by atoms with Crippen molar-refractivity contribution in [2.75, 3.05) is 20.2 Å². The molecule has 192 valence electrons. The van der Waals surface area contributed by atoms with Gasteiger partial charge in [-0.05, 0) is 82.7 Å². The Balaban J connectivity index is 1.35. The van der Waals surface area contributed by atoms with E-state index in [0.717, 1.165) is 45.2 Å². The minimum Gasteiger partial charge on any atom is -0.469 e. The summed E-state index contributed by atoms with van der Waals surface area (Å²) in [5.41, 5.74) is 0.207. The Bertz CT molecular complexity index is 924. The van der Waals surface area contributed by atoms with E-state index >= 15 is 0 Å². The largest absolute Gasteiger partial charge is 0.469 e. The molecule has 5 unspecified atom stereocenters. The van der Waals surface area contributed by atoms with Gasteiger partial charge in [0.05, 0.1) is 12.5 Å². The molecule has 1 heterocycles. The van der Waals surface area contributed by atoms with E-state index in [4.69, 9.17) is 9.47 Å². The number of piperidine rings is 1. The first-order chi connectivity index (χ1) is 16.6. The molecule has 1 aromatic carbocycles. The maximum Gasteiger partial charge on any atom is 0.407 e. The summed E-state index contributed by atoms with van der Waals surface area (Å²) in [7, 11) is 1.49. The summed E-state index contributed by atoms with van der Waals surface area (Å²) in [6.45, 7) is 10.0. The van der Waals surface area contributed by atoms with Crippen LogP contribution in [0.3, 0.4) is 0 Å². The topological polar surface area (TPSA) is 67.9 Å². The molecule has 3 aliphatic rings. The lowest BCUT2D eigenvalue weighted by atomic mass is 9.79. The minimum absolute atomic E-state index is 0.0181.